The number of hydrogen-bond acceptors (Lipinski definition) is 14. The molecule has 3 aliphatic heterocycles. The summed E-state index contributed by atoms with van der Waals surface area (Å²) in [5.41, 5.74) is 6.27. The van der Waals surface area contributed by atoms with Crippen LogP contribution in [-0.2, 0) is 25.8 Å². The largest absolute Gasteiger partial charge is 0.477 e. The van der Waals surface area contributed by atoms with Crippen LogP contribution in [0.25, 0.3) is 0 Å². The fraction of sp³-hybridized carbons (Fsp3) is 0.400. The molecule has 198 valence electrons. The quantitative estimate of drug-likeness (QED) is 0.107. The van der Waals surface area contributed by atoms with Crippen molar-refractivity contribution in [3.63, 3.8) is 0 Å². The summed E-state index contributed by atoms with van der Waals surface area (Å²) in [5.74, 6) is 2.10. The van der Waals surface area contributed by atoms with Crippen molar-refractivity contribution in [2.45, 2.75) is 29.2 Å². The van der Waals surface area contributed by atoms with Crippen molar-refractivity contribution in [1.82, 2.24) is 35.4 Å². The maximum absolute atomic E-state index is 13.1. The third kappa shape index (κ3) is 5.18. The molecule has 2 aromatic rings. The minimum atomic E-state index is -1.24. The molecule has 2 amide bonds. The number of nitrogens with zero attached hydrogens (tertiary/aromatic N) is 7. The van der Waals surface area contributed by atoms with Gasteiger partial charge in [0.05, 0.1) is 0 Å². The zero-order chi connectivity index (χ0) is 26.8. The minimum Gasteiger partial charge on any atom is -0.477 e. The Balaban J connectivity index is 1.30. The molecule has 0 radical (unpaired) electrons. The highest BCUT2D eigenvalue weighted by molar-refractivity contribution is 8.01. The number of tetrazole rings is 1. The van der Waals surface area contributed by atoms with Crippen LogP contribution < -0.4 is 11.1 Å². The van der Waals surface area contributed by atoms with E-state index in [1.165, 1.54) is 33.1 Å². The molecular weight excluding hydrogens is 575 g/mol. The molecule has 0 spiro atoms. The summed E-state index contributed by atoms with van der Waals surface area (Å²) in [4.78, 5) is 49.1. The zero-order valence-corrected chi connectivity index (χ0v) is 22.6. The fourth-order valence-corrected chi connectivity index (χ4v) is 7.10. The summed E-state index contributed by atoms with van der Waals surface area (Å²) < 4.78 is 1.42. The molecule has 4 N–H and O–H groups in total. The molecule has 2 atom stereocenters. The van der Waals surface area contributed by atoms with E-state index >= 15 is 0 Å². The van der Waals surface area contributed by atoms with E-state index in [-0.39, 0.29) is 40.6 Å². The van der Waals surface area contributed by atoms with Crippen LogP contribution in [0.2, 0.25) is 0 Å². The second kappa shape index (κ2) is 11.2. The van der Waals surface area contributed by atoms with E-state index in [9.17, 15) is 19.5 Å². The van der Waals surface area contributed by atoms with Gasteiger partial charge in [0, 0.05) is 28.4 Å². The number of nitrogens with one attached hydrogen (secondary N) is 1. The van der Waals surface area contributed by atoms with Crippen molar-refractivity contribution in [3.05, 3.63) is 22.3 Å². The van der Waals surface area contributed by atoms with E-state index in [1.807, 2.05) is 0 Å². The molecule has 0 aromatic carbocycles. The smallest absolute Gasteiger partial charge is 0.352 e. The molecule has 5 rings (SSSR count). The van der Waals surface area contributed by atoms with Crippen LogP contribution in [0.5, 0.6) is 0 Å². The second-order valence-corrected chi connectivity index (χ2v) is 12.0. The molecule has 3 aliphatic rings. The molecule has 18 heteroatoms. The highest BCUT2D eigenvalue weighted by atomic mass is 32.2. The minimum absolute atomic E-state index is 0.0994. The number of terminal acetylenes is 1. The molecule has 0 bridgehead atoms. The van der Waals surface area contributed by atoms with E-state index in [1.54, 1.807) is 17.1 Å². The zero-order valence-electron chi connectivity index (χ0n) is 19.3. The Hall–Kier alpha value is -3.27. The lowest BCUT2D eigenvalue weighted by molar-refractivity contribution is -0.150. The van der Waals surface area contributed by atoms with Crippen molar-refractivity contribution < 1.29 is 24.3 Å². The van der Waals surface area contributed by atoms with Crippen molar-refractivity contribution in [1.29, 1.82) is 0 Å². The first-order valence-corrected chi connectivity index (χ1v) is 15.0. The first kappa shape index (κ1) is 26.3. The van der Waals surface area contributed by atoms with Gasteiger partial charge in [0.15, 0.2) is 10.8 Å². The summed E-state index contributed by atoms with van der Waals surface area (Å²) in [6, 6.07) is -0.945. The maximum Gasteiger partial charge on any atom is 0.352 e. The monoisotopic (exact) mass is 593 g/mol. The number of aromatic nitrogens is 5. The first-order valence-electron chi connectivity index (χ1n) is 10.9. The van der Waals surface area contributed by atoms with Crippen molar-refractivity contribution in [2.24, 2.45) is 5.16 Å². The number of oxime groups is 1. The van der Waals surface area contributed by atoms with Gasteiger partial charge in [-0.15, -0.1) is 34.6 Å². The lowest BCUT2D eigenvalue weighted by atomic mass is 10.0. The highest BCUT2D eigenvalue weighted by Gasteiger charge is 2.54. The number of thiazole rings is 1. The summed E-state index contributed by atoms with van der Waals surface area (Å²) in [7, 11) is 0. The number of hydrogen-bond donors (Lipinski definition) is 3. The van der Waals surface area contributed by atoms with E-state index in [2.05, 4.69) is 36.9 Å². The van der Waals surface area contributed by atoms with Gasteiger partial charge in [-0.05, 0) is 16.0 Å². The number of carbonyl (C=O) groups excluding carboxylic acids is 2. The van der Waals surface area contributed by atoms with Gasteiger partial charge in [0.2, 0.25) is 5.16 Å². The number of rotatable bonds is 10. The number of anilines is 1. The average Bonchev–Trinajstić information content (AvgIpc) is 3.50. The Morgan fingerprint density at radius 3 is 2.89 bits per heavy atom. The molecule has 2 aromatic heterocycles. The number of carboxylic acid groups (broad SMARTS) is 1. The van der Waals surface area contributed by atoms with E-state index in [0.717, 1.165) is 22.8 Å². The molecule has 5 heterocycles. The van der Waals surface area contributed by atoms with Crippen LogP contribution in [0, 0.1) is 12.3 Å². The normalized spacial score (nSPS) is 21.3. The Bertz CT molecular complexity index is 1380. The summed E-state index contributed by atoms with van der Waals surface area (Å²) >= 11 is 5.41. The van der Waals surface area contributed by atoms with Gasteiger partial charge in [-0.25, -0.2) is 14.5 Å². The third-order valence-electron chi connectivity index (χ3n) is 5.53. The lowest BCUT2D eigenvalue weighted by Crippen LogP contribution is -2.71. The summed E-state index contributed by atoms with van der Waals surface area (Å²) in [5, 5.41) is 29.6. The number of fused-ring (bicyclic) bond motifs is 1. The molecule has 38 heavy (non-hydrogen) atoms. The van der Waals surface area contributed by atoms with Crippen LogP contribution in [0.4, 0.5) is 5.13 Å². The molecule has 2 fully saturated rings. The SMILES string of the molecule is C#CCn1nnnc1SCC1=C(C(=O)O)N2C(=O)C(NC(=O)/C(=N\OC3CSC3)c3csc(N)n3)[C@H]2SC1. The molecule has 0 aliphatic carbocycles. The van der Waals surface area contributed by atoms with Crippen molar-refractivity contribution in [3.8, 4) is 12.3 Å². The van der Waals surface area contributed by atoms with Crippen LogP contribution in [-0.4, -0.2) is 99.2 Å². The van der Waals surface area contributed by atoms with Gasteiger partial charge >= 0.3 is 5.97 Å². The topological polar surface area (TPSA) is 191 Å². The number of thioether (sulfide) groups is 3. The molecule has 0 saturated carbocycles. The fourth-order valence-electron chi connectivity index (χ4n) is 3.64. The number of β-lactam (4-membered cyclic amide) rings is 1. The Kier molecular flexibility index (Phi) is 7.78. The third-order valence-corrected chi connectivity index (χ3v) is 9.80. The summed E-state index contributed by atoms with van der Waals surface area (Å²) in [6.45, 7) is 0.173. The van der Waals surface area contributed by atoms with Gasteiger partial charge in [-0.3, -0.25) is 14.5 Å². The second-order valence-electron chi connectivity index (χ2n) is 8.01. The van der Waals surface area contributed by atoms with Crippen LogP contribution in [0.15, 0.2) is 27.0 Å². The number of amides is 2. The Labute approximate surface area is 232 Å². The maximum atomic E-state index is 13.1. The van der Waals surface area contributed by atoms with Crippen molar-refractivity contribution in [2.75, 3.05) is 28.7 Å². The summed E-state index contributed by atoms with van der Waals surface area (Å²) in [6.07, 6.45) is 5.21. The standard InChI is InChI=1S/C20H19N9O5S4/c1-2-3-28-20(24-26-27-28)38-5-9-4-36-17-13(16(31)29(17)14(9)18(32)33)23-15(30)12(11-8-37-19(21)22-11)25-34-10-6-35-7-10/h1,8,10,13,17H,3-7H2,(H2,21,22)(H,23,30)(H,32,33)/b25-12-/t13?,17-/m1/s1. The molecule has 14 nitrogen and oxygen atoms in total. The van der Waals surface area contributed by atoms with E-state index in [4.69, 9.17) is 17.0 Å². The first-order chi connectivity index (χ1) is 18.4. The van der Waals surface area contributed by atoms with Gasteiger partial charge in [-0.2, -0.15) is 11.8 Å². The lowest BCUT2D eigenvalue weighted by Gasteiger charge is -2.49. The Morgan fingerprint density at radius 2 is 2.24 bits per heavy atom. The highest BCUT2D eigenvalue weighted by Crippen LogP contribution is 2.41. The van der Waals surface area contributed by atoms with Gasteiger partial charge in [0.1, 0.15) is 35.5 Å². The van der Waals surface area contributed by atoms with Crippen LogP contribution in [0.1, 0.15) is 5.69 Å². The van der Waals surface area contributed by atoms with Gasteiger partial charge < -0.3 is 21.0 Å². The number of nitrogens with two attached hydrogens (primary N) is 1. The number of carbonyl (C=O) groups is 3. The van der Waals surface area contributed by atoms with Crippen molar-refractivity contribution >= 4 is 75.2 Å². The van der Waals surface area contributed by atoms with E-state index < -0.39 is 29.2 Å². The van der Waals surface area contributed by atoms with Gasteiger partial charge in [-0.1, -0.05) is 22.8 Å². The van der Waals surface area contributed by atoms with Crippen LogP contribution in [0.3, 0.4) is 0 Å². The van der Waals surface area contributed by atoms with E-state index in [0.29, 0.717) is 16.5 Å². The van der Waals surface area contributed by atoms with Crippen LogP contribution >= 0.6 is 46.6 Å². The number of nitrogen functional groups attached to an aromatic ring is 1. The van der Waals surface area contributed by atoms with Gasteiger partial charge in [0.25, 0.3) is 11.8 Å². The average molecular weight is 594 g/mol. The Morgan fingerprint density at radius 1 is 1.42 bits per heavy atom. The number of aliphatic carboxylic acids is 1. The molecule has 2 saturated heterocycles. The molecular formula is C20H19N9O5S4. The predicted octanol–water partition coefficient (Wildman–Crippen LogP) is -0.288. The predicted molar refractivity (Wildman–Crippen MR) is 142 cm³/mol. The molecule has 1 unspecified atom stereocenters. The number of carboxylic acids is 1.